The molecule has 0 aromatic rings. The van der Waals surface area contributed by atoms with E-state index in [9.17, 15) is 5.11 Å². The van der Waals surface area contributed by atoms with Gasteiger partial charge in [0.1, 0.15) is 0 Å². The second-order valence-corrected chi connectivity index (χ2v) is 4.09. The zero-order chi connectivity index (χ0) is 10.4. The van der Waals surface area contributed by atoms with Crippen molar-refractivity contribution in [1.29, 1.82) is 5.26 Å². The van der Waals surface area contributed by atoms with E-state index >= 15 is 0 Å². The maximum atomic E-state index is 9.68. The summed E-state index contributed by atoms with van der Waals surface area (Å²) in [6.45, 7) is 5.13. The lowest BCUT2D eigenvalue weighted by molar-refractivity contribution is 0.0250. The van der Waals surface area contributed by atoms with Crippen molar-refractivity contribution in [3.63, 3.8) is 0 Å². The Morgan fingerprint density at radius 3 is 3.00 bits per heavy atom. The SMILES string of the molecule is CCC1CN(CCCC#N)CCC1O. The summed E-state index contributed by atoms with van der Waals surface area (Å²) in [5.74, 6) is 0.436. The normalized spacial score (nSPS) is 28.6. The van der Waals surface area contributed by atoms with Crippen molar-refractivity contribution in [3.8, 4) is 6.07 Å². The maximum Gasteiger partial charge on any atom is 0.0622 e. The van der Waals surface area contributed by atoms with Gasteiger partial charge in [0.25, 0.3) is 0 Å². The van der Waals surface area contributed by atoms with Crippen molar-refractivity contribution in [2.75, 3.05) is 19.6 Å². The summed E-state index contributed by atoms with van der Waals surface area (Å²) in [5.41, 5.74) is 0. The number of hydrogen-bond donors (Lipinski definition) is 1. The molecule has 2 atom stereocenters. The van der Waals surface area contributed by atoms with Gasteiger partial charge in [0, 0.05) is 19.5 Å². The van der Waals surface area contributed by atoms with Crippen LogP contribution in [0.15, 0.2) is 0 Å². The predicted molar refractivity (Wildman–Crippen MR) is 55.7 cm³/mol. The quantitative estimate of drug-likeness (QED) is 0.691. The molecule has 0 saturated carbocycles. The average Bonchev–Trinajstić information content (AvgIpc) is 2.21. The van der Waals surface area contributed by atoms with Gasteiger partial charge >= 0.3 is 0 Å². The van der Waals surface area contributed by atoms with E-state index in [1.54, 1.807) is 0 Å². The Labute approximate surface area is 86.3 Å². The van der Waals surface area contributed by atoms with Crippen molar-refractivity contribution in [1.82, 2.24) is 4.90 Å². The van der Waals surface area contributed by atoms with Gasteiger partial charge in [0.05, 0.1) is 12.2 Å². The first-order valence-electron chi connectivity index (χ1n) is 5.55. The molecule has 0 aromatic heterocycles. The zero-order valence-corrected chi connectivity index (χ0v) is 8.95. The largest absolute Gasteiger partial charge is 0.393 e. The molecule has 1 aliphatic rings. The Bertz CT molecular complexity index is 200. The number of nitriles is 1. The van der Waals surface area contributed by atoms with E-state index < -0.39 is 0 Å². The Morgan fingerprint density at radius 1 is 1.57 bits per heavy atom. The minimum Gasteiger partial charge on any atom is -0.393 e. The van der Waals surface area contributed by atoms with Crippen molar-refractivity contribution < 1.29 is 5.11 Å². The molecule has 80 valence electrons. The van der Waals surface area contributed by atoms with E-state index in [0.717, 1.165) is 38.9 Å². The second kappa shape index (κ2) is 6.00. The highest BCUT2D eigenvalue weighted by molar-refractivity contribution is 4.80. The number of unbranched alkanes of at least 4 members (excludes halogenated alkanes) is 1. The first-order chi connectivity index (χ1) is 6.77. The van der Waals surface area contributed by atoms with E-state index in [1.807, 2.05) is 0 Å². The van der Waals surface area contributed by atoms with Crippen LogP contribution in [-0.2, 0) is 0 Å². The molecular weight excluding hydrogens is 176 g/mol. The average molecular weight is 196 g/mol. The van der Waals surface area contributed by atoms with Gasteiger partial charge < -0.3 is 10.0 Å². The van der Waals surface area contributed by atoms with E-state index in [2.05, 4.69) is 17.9 Å². The molecule has 1 aliphatic heterocycles. The standard InChI is InChI=1S/C11H20N2O/c1-2-10-9-13(7-4-3-6-12)8-5-11(10)14/h10-11,14H,2-5,7-9H2,1H3. The van der Waals surface area contributed by atoms with Gasteiger partial charge in [-0.25, -0.2) is 0 Å². The Balaban J connectivity index is 2.25. The number of rotatable bonds is 4. The van der Waals surface area contributed by atoms with Crippen molar-refractivity contribution in [2.45, 2.75) is 38.7 Å². The van der Waals surface area contributed by atoms with Crippen LogP contribution in [0.5, 0.6) is 0 Å². The summed E-state index contributed by atoms with van der Waals surface area (Å²) < 4.78 is 0. The summed E-state index contributed by atoms with van der Waals surface area (Å²) in [6.07, 6.45) is 3.45. The molecule has 1 rings (SSSR count). The van der Waals surface area contributed by atoms with Crippen LogP contribution in [0.25, 0.3) is 0 Å². The highest BCUT2D eigenvalue weighted by Crippen LogP contribution is 2.20. The van der Waals surface area contributed by atoms with Crippen LogP contribution >= 0.6 is 0 Å². The van der Waals surface area contributed by atoms with Crippen LogP contribution < -0.4 is 0 Å². The van der Waals surface area contributed by atoms with Crippen LogP contribution in [0.2, 0.25) is 0 Å². The van der Waals surface area contributed by atoms with Crippen LogP contribution in [0.3, 0.4) is 0 Å². The third kappa shape index (κ3) is 3.28. The van der Waals surface area contributed by atoms with Gasteiger partial charge in [-0.15, -0.1) is 0 Å². The fourth-order valence-corrected chi connectivity index (χ4v) is 2.08. The second-order valence-electron chi connectivity index (χ2n) is 4.09. The summed E-state index contributed by atoms with van der Waals surface area (Å²) in [5, 5.41) is 18.1. The van der Waals surface area contributed by atoms with Gasteiger partial charge in [0.2, 0.25) is 0 Å². The smallest absolute Gasteiger partial charge is 0.0622 e. The number of nitrogens with zero attached hydrogens (tertiary/aromatic N) is 2. The topological polar surface area (TPSA) is 47.3 Å². The molecule has 1 heterocycles. The molecule has 1 saturated heterocycles. The van der Waals surface area contributed by atoms with Crippen molar-refractivity contribution in [2.24, 2.45) is 5.92 Å². The maximum absolute atomic E-state index is 9.68. The molecule has 3 nitrogen and oxygen atoms in total. The lowest BCUT2D eigenvalue weighted by Gasteiger charge is -2.35. The summed E-state index contributed by atoms with van der Waals surface area (Å²) in [6, 6.07) is 2.17. The molecule has 0 aliphatic carbocycles. The van der Waals surface area contributed by atoms with Gasteiger partial charge in [0.15, 0.2) is 0 Å². The van der Waals surface area contributed by atoms with Gasteiger partial charge in [-0.2, -0.15) is 5.26 Å². The molecule has 1 fully saturated rings. The number of aliphatic hydroxyl groups excluding tert-OH is 1. The van der Waals surface area contributed by atoms with Crippen molar-refractivity contribution in [3.05, 3.63) is 0 Å². The highest BCUT2D eigenvalue weighted by atomic mass is 16.3. The van der Waals surface area contributed by atoms with E-state index in [-0.39, 0.29) is 6.10 Å². The minimum atomic E-state index is -0.104. The summed E-state index contributed by atoms with van der Waals surface area (Å²) in [7, 11) is 0. The minimum absolute atomic E-state index is 0.104. The fourth-order valence-electron chi connectivity index (χ4n) is 2.08. The summed E-state index contributed by atoms with van der Waals surface area (Å²) in [4.78, 5) is 2.37. The molecule has 2 unspecified atom stereocenters. The van der Waals surface area contributed by atoms with E-state index in [4.69, 9.17) is 5.26 Å². The molecular formula is C11H20N2O. The molecule has 0 amide bonds. The van der Waals surface area contributed by atoms with Gasteiger partial charge in [-0.3, -0.25) is 0 Å². The Morgan fingerprint density at radius 2 is 2.36 bits per heavy atom. The number of aliphatic hydroxyl groups is 1. The van der Waals surface area contributed by atoms with Crippen LogP contribution in [0.4, 0.5) is 0 Å². The molecule has 0 spiro atoms. The molecule has 0 aromatic carbocycles. The molecule has 14 heavy (non-hydrogen) atoms. The Hall–Kier alpha value is -0.590. The summed E-state index contributed by atoms with van der Waals surface area (Å²) >= 11 is 0. The van der Waals surface area contributed by atoms with Gasteiger partial charge in [-0.1, -0.05) is 6.92 Å². The van der Waals surface area contributed by atoms with E-state index in [1.165, 1.54) is 0 Å². The lowest BCUT2D eigenvalue weighted by atomic mass is 9.92. The first kappa shape index (κ1) is 11.5. The third-order valence-electron chi connectivity index (χ3n) is 3.07. The zero-order valence-electron chi connectivity index (χ0n) is 8.95. The number of likely N-dealkylation sites (tertiary alicyclic amines) is 1. The molecule has 0 bridgehead atoms. The number of piperidine rings is 1. The fraction of sp³-hybridized carbons (Fsp3) is 0.909. The predicted octanol–water partition coefficient (Wildman–Crippen LogP) is 1.38. The van der Waals surface area contributed by atoms with Crippen LogP contribution in [-0.4, -0.2) is 35.7 Å². The van der Waals surface area contributed by atoms with Crippen molar-refractivity contribution >= 4 is 0 Å². The Kier molecular flexibility index (Phi) is 4.92. The van der Waals surface area contributed by atoms with E-state index in [0.29, 0.717) is 12.3 Å². The third-order valence-corrected chi connectivity index (χ3v) is 3.07. The monoisotopic (exact) mass is 196 g/mol. The molecule has 1 N–H and O–H groups in total. The first-order valence-corrected chi connectivity index (χ1v) is 5.55. The highest BCUT2D eigenvalue weighted by Gasteiger charge is 2.25. The molecule has 0 radical (unpaired) electrons. The van der Waals surface area contributed by atoms with Gasteiger partial charge in [-0.05, 0) is 31.7 Å². The van der Waals surface area contributed by atoms with Crippen LogP contribution in [0.1, 0.15) is 32.6 Å². The molecule has 3 heteroatoms. The lowest BCUT2D eigenvalue weighted by Crippen LogP contribution is -2.43. The van der Waals surface area contributed by atoms with Crippen LogP contribution in [0, 0.1) is 17.2 Å². The number of hydrogen-bond acceptors (Lipinski definition) is 3.